The molecule has 8 heteroatoms. The number of rotatable bonds is 5. The molecule has 2 aromatic rings. The van der Waals surface area contributed by atoms with E-state index in [0.29, 0.717) is 11.3 Å². The number of methoxy groups -OCH3 is 1. The maximum absolute atomic E-state index is 12.5. The van der Waals surface area contributed by atoms with Crippen LogP contribution < -0.4 is 10.1 Å². The summed E-state index contributed by atoms with van der Waals surface area (Å²) in [5.74, 6) is -0.667. The van der Waals surface area contributed by atoms with Gasteiger partial charge in [0, 0.05) is 5.69 Å². The van der Waals surface area contributed by atoms with Gasteiger partial charge in [-0.25, -0.2) is 4.79 Å². The van der Waals surface area contributed by atoms with Crippen LogP contribution in [-0.2, 0) is 15.7 Å². The molecule has 0 saturated carbocycles. The van der Waals surface area contributed by atoms with E-state index < -0.39 is 29.7 Å². The van der Waals surface area contributed by atoms with E-state index >= 15 is 0 Å². The minimum atomic E-state index is -4.44. The molecular weight excluding hydrogens is 351 g/mol. The van der Waals surface area contributed by atoms with E-state index in [0.717, 1.165) is 12.1 Å². The summed E-state index contributed by atoms with van der Waals surface area (Å²) in [6.45, 7) is 1.49. The molecule has 1 atom stereocenters. The van der Waals surface area contributed by atoms with E-state index in [1.807, 2.05) is 0 Å². The van der Waals surface area contributed by atoms with Crippen molar-refractivity contribution in [2.24, 2.45) is 0 Å². The molecule has 138 valence electrons. The Balaban J connectivity index is 1.96. The van der Waals surface area contributed by atoms with Crippen molar-refractivity contribution >= 4 is 17.6 Å². The molecule has 0 unspecified atom stereocenters. The number of benzene rings is 2. The Labute approximate surface area is 147 Å². The minimum absolute atomic E-state index is 0.222. The third kappa shape index (κ3) is 4.98. The van der Waals surface area contributed by atoms with Crippen LogP contribution >= 0.6 is 0 Å². The quantitative estimate of drug-likeness (QED) is 0.814. The van der Waals surface area contributed by atoms with Gasteiger partial charge in [0.25, 0.3) is 5.91 Å². The Morgan fingerprint density at radius 1 is 1.00 bits per heavy atom. The number of carbonyl (C=O) groups excluding carboxylic acids is 2. The van der Waals surface area contributed by atoms with Crippen molar-refractivity contribution in [1.82, 2.24) is 0 Å². The van der Waals surface area contributed by atoms with Crippen LogP contribution in [0.3, 0.4) is 0 Å². The first kappa shape index (κ1) is 19.3. The van der Waals surface area contributed by atoms with Gasteiger partial charge in [0.2, 0.25) is 0 Å². The van der Waals surface area contributed by atoms with Crippen molar-refractivity contribution in [3.63, 3.8) is 0 Å². The maximum Gasteiger partial charge on any atom is 0.416 e. The molecule has 0 radical (unpaired) electrons. The van der Waals surface area contributed by atoms with E-state index in [2.05, 4.69) is 10.1 Å². The first-order valence-electron chi connectivity index (χ1n) is 7.54. The number of halogens is 3. The summed E-state index contributed by atoms with van der Waals surface area (Å²) in [4.78, 5) is 23.4. The number of hydrogen-bond donors (Lipinski definition) is 1. The zero-order chi connectivity index (χ0) is 19.3. The standard InChI is InChI=1S/C18H16F3NO4/c1-11(26-15-9-3-12(4-10-15)17(24)25-2)16(23)22-14-7-5-13(6-8-14)18(19,20)21/h3-11H,1-2H3,(H,22,23)/t11-/m0/s1. The summed E-state index contributed by atoms with van der Waals surface area (Å²) in [5, 5.41) is 2.47. The third-order valence-electron chi connectivity index (χ3n) is 3.44. The van der Waals surface area contributed by atoms with Crippen LogP contribution in [0, 0.1) is 0 Å². The fourth-order valence-electron chi connectivity index (χ4n) is 2.03. The number of anilines is 1. The average molecular weight is 367 g/mol. The van der Waals surface area contributed by atoms with Gasteiger partial charge in [-0.3, -0.25) is 4.79 Å². The fourth-order valence-corrected chi connectivity index (χ4v) is 2.03. The zero-order valence-electron chi connectivity index (χ0n) is 14.0. The summed E-state index contributed by atoms with van der Waals surface area (Å²) >= 11 is 0. The van der Waals surface area contributed by atoms with Crippen LogP contribution in [-0.4, -0.2) is 25.1 Å². The normalized spacial score (nSPS) is 12.2. The first-order valence-corrected chi connectivity index (χ1v) is 7.54. The smallest absolute Gasteiger partial charge is 0.416 e. The van der Waals surface area contributed by atoms with E-state index in [4.69, 9.17) is 4.74 Å². The largest absolute Gasteiger partial charge is 0.481 e. The highest BCUT2D eigenvalue weighted by Crippen LogP contribution is 2.29. The molecule has 0 aliphatic rings. The van der Waals surface area contributed by atoms with Crippen molar-refractivity contribution < 1.29 is 32.2 Å². The minimum Gasteiger partial charge on any atom is -0.481 e. The fraction of sp³-hybridized carbons (Fsp3) is 0.222. The molecule has 0 heterocycles. The molecule has 0 fully saturated rings. The summed E-state index contributed by atoms with van der Waals surface area (Å²) in [7, 11) is 1.26. The van der Waals surface area contributed by atoms with Gasteiger partial charge in [-0.15, -0.1) is 0 Å². The topological polar surface area (TPSA) is 64.6 Å². The number of nitrogens with one attached hydrogen (secondary N) is 1. The molecule has 0 bridgehead atoms. The number of ether oxygens (including phenoxy) is 2. The van der Waals surface area contributed by atoms with Gasteiger partial charge in [0.05, 0.1) is 18.2 Å². The van der Waals surface area contributed by atoms with Crippen LogP contribution in [0.4, 0.5) is 18.9 Å². The molecule has 0 aromatic heterocycles. The van der Waals surface area contributed by atoms with Gasteiger partial charge in [0.15, 0.2) is 6.10 Å². The van der Waals surface area contributed by atoms with Crippen LogP contribution in [0.5, 0.6) is 5.75 Å². The van der Waals surface area contributed by atoms with Gasteiger partial charge in [0.1, 0.15) is 5.75 Å². The number of amides is 1. The molecule has 1 amide bonds. The molecule has 26 heavy (non-hydrogen) atoms. The van der Waals surface area contributed by atoms with Crippen molar-refractivity contribution in [3.8, 4) is 5.75 Å². The Bertz CT molecular complexity index is 771. The molecule has 0 spiro atoms. The molecule has 5 nitrogen and oxygen atoms in total. The summed E-state index contributed by atoms with van der Waals surface area (Å²) in [6.07, 6.45) is -5.34. The van der Waals surface area contributed by atoms with Crippen molar-refractivity contribution in [2.75, 3.05) is 12.4 Å². The van der Waals surface area contributed by atoms with Crippen LogP contribution in [0.2, 0.25) is 0 Å². The Kier molecular flexibility index (Phi) is 5.86. The zero-order valence-corrected chi connectivity index (χ0v) is 14.0. The molecule has 0 saturated heterocycles. The van der Waals surface area contributed by atoms with Gasteiger partial charge < -0.3 is 14.8 Å². The lowest BCUT2D eigenvalue weighted by Crippen LogP contribution is -2.30. The van der Waals surface area contributed by atoms with E-state index in [1.54, 1.807) is 0 Å². The summed E-state index contributed by atoms with van der Waals surface area (Å²) in [6, 6.07) is 10.1. The number of carbonyl (C=O) groups is 2. The summed E-state index contributed by atoms with van der Waals surface area (Å²) in [5.41, 5.74) is -0.244. The maximum atomic E-state index is 12.5. The van der Waals surface area contributed by atoms with E-state index in [9.17, 15) is 22.8 Å². The van der Waals surface area contributed by atoms with Crippen molar-refractivity contribution in [2.45, 2.75) is 19.2 Å². The van der Waals surface area contributed by atoms with Gasteiger partial charge in [-0.1, -0.05) is 0 Å². The highest BCUT2D eigenvalue weighted by atomic mass is 19.4. The van der Waals surface area contributed by atoms with Crippen LogP contribution in [0.1, 0.15) is 22.8 Å². The number of alkyl halides is 3. The number of esters is 1. The average Bonchev–Trinajstić information content (AvgIpc) is 2.61. The first-order chi connectivity index (χ1) is 12.2. The predicted octanol–water partition coefficient (Wildman–Crippen LogP) is 3.90. The number of hydrogen-bond acceptors (Lipinski definition) is 4. The second-order valence-electron chi connectivity index (χ2n) is 5.34. The molecule has 1 N–H and O–H groups in total. The van der Waals surface area contributed by atoms with Gasteiger partial charge >= 0.3 is 12.1 Å². The van der Waals surface area contributed by atoms with Crippen LogP contribution in [0.15, 0.2) is 48.5 Å². The monoisotopic (exact) mass is 367 g/mol. The highest BCUT2D eigenvalue weighted by Gasteiger charge is 2.30. The second-order valence-corrected chi connectivity index (χ2v) is 5.34. The lowest BCUT2D eigenvalue weighted by Gasteiger charge is -2.15. The van der Waals surface area contributed by atoms with Crippen molar-refractivity contribution in [3.05, 3.63) is 59.7 Å². The van der Waals surface area contributed by atoms with Gasteiger partial charge in [-0.2, -0.15) is 13.2 Å². The summed E-state index contributed by atoms with van der Waals surface area (Å²) < 4.78 is 47.6. The van der Waals surface area contributed by atoms with Crippen molar-refractivity contribution in [1.29, 1.82) is 0 Å². The van der Waals surface area contributed by atoms with Crippen LogP contribution in [0.25, 0.3) is 0 Å². The lowest BCUT2D eigenvalue weighted by atomic mass is 10.2. The molecular formula is C18H16F3NO4. The second kappa shape index (κ2) is 7.90. The highest BCUT2D eigenvalue weighted by molar-refractivity contribution is 5.94. The third-order valence-corrected chi connectivity index (χ3v) is 3.44. The predicted molar refractivity (Wildman–Crippen MR) is 87.9 cm³/mol. The molecule has 0 aliphatic carbocycles. The SMILES string of the molecule is COC(=O)c1ccc(O[C@@H](C)C(=O)Nc2ccc(C(F)(F)F)cc2)cc1. The van der Waals surface area contributed by atoms with E-state index in [-0.39, 0.29) is 5.69 Å². The Hall–Kier alpha value is -3.03. The van der Waals surface area contributed by atoms with E-state index in [1.165, 1.54) is 50.4 Å². The Morgan fingerprint density at radius 2 is 1.58 bits per heavy atom. The lowest BCUT2D eigenvalue weighted by molar-refractivity contribution is -0.137. The van der Waals surface area contributed by atoms with Gasteiger partial charge in [-0.05, 0) is 55.5 Å². The molecule has 2 aromatic carbocycles. The molecule has 0 aliphatic heterocycles. The molecule has 2 rings (SSSR count). The Morgan fingerprint density at radius 3 is 2.08 bits per heavy atom.